The molecule has 0 aliphatic heterocycles. The van der Waals surface area contributed by atoms with Gasteiger partial charge in [-0.15, -0.1) is 24.8 Å². The second kappa shape index (κ2) is 5.41. The van der Waals surface area contributed by atoms with Crippen LogP contribution >= 0.6 is 24.8 Å². The number of halogens is 2. The molecule has 2 aromatic heterocycles. The molecule has 1 aromatic carbocycles. The van der Waals surface area contributed by atoms with Crippen molar-refractivity contribution < 1.29 is 4.42 Å². The van der Waals surface area contributed by atoms with Gasteiger partial charge in [0.1, 0.15) is 5.58 Å². The molecular weight excluding hydrogens is 285 g/mol. The molecule has 4 nitrogen and oxygen atoms in total. The highest BCUT2D eigenvalue weighted by molar-refractivity contribution is 6.03. The molecule has 0 bridgehead atoms. The molecule has 0 fully saturated rings. The Morgan fingerprint density at radius 2 is 2.00 bits per heavy atom. The van der Waals surface area contributed by atoms with E-state index in [-0.39, 0.29) is 30.4 Å². The zero-order chi connectivity index (χ0) is 12.0. The Hall–Kier alpha value is -1.23. The molecule has 0 amide bonds. The molecule has 6 heteroatoms. The second-order valence-electron chi connectivity index (χ2n) is 5.13. The van der Waals surface area contributed by atoms with E-state index < -0.39 is 0 Å². The molecule has 0 saturated carbocycles. The molecule has 0 aliphatic carbocycles. The van der Waals surface area contributed by atoms with E-state index in [9.17, 15) is 0 Å². The summed E-state index contributed by atoms with van der Waals surface area (Å²) in [6, 6.07) is 5.96. The van der Waals surface area contributed by atoms with E-state index in [1.54, 1.807) is 6.26 Å². The average molecular weight is 302 g/mol. The summed E-state index contributed by atoms with van der Waals surface area (Å²) < 4.78 is 7.36. The van der Waals surface area contributed by atoms with Crippen LogP contribution in [0.25, 0.3) is 21.9 Å². The maximum Gasteiger partial charge on any atom is 0.136 e. The Labute approximate surface area is 123 Å². The summed E-state index contributed by atoms with van der Waals surface area (Å²) in [6.07, 6.45) is 3.57. The van der Waals surface area contributed by atoms with Crippen molar-refractivity contribution in [3.05, 3.63) is 30.7 Å². The van der Waals surface area contributed by atoms with Crippen LogP contribution in [0.1, 0.15) is 13.8 Å². The van der Waals surface area contributed by atoms with Crippen molar-refractivity contribution in [2.24, 2.45) is 5.73 Å². The largest absolute Gasteiger partial charge is 0.464 e. The minimum atomic E-state index is -0.287. The smallest absolute Gasteiger partial charge is 0.136 e. The fourth-order valence-corrected chi connectivity index (χ4v) is 2.13. The van der Waals surface area contributed by atoms with Crippen LogP contribution in [0.4, 0.5) is 0 Å². The number of nitrogens with two attached hydrogens (primary N) is 1. The van der Waals surface area contributed by atoms with Gasteiger partial charge in [-0.3, -0.25) is 4.68 Å². The summed E-state index contributed by atoms with van der Waals surface area (Å²) in [6.45, 7) is 4.67. The molecule has 104 valence electrons. The summed E-state index contributed by atoms with van der Waals surface area (Å²) >= 11 is 0. The van der Waals surface area contributed by atoms with E-state index in [1.165, 1.54) is 0 Å². The molecule has 0 spiro atoms. The molecule has 3 aromatic rings. The van der Waals surface area contributed by atoms with E-state index in [4.69, 9.17) is 10.2 Å². The Bertz CT molecular complexity index is 682. The summed E-state index contributed by atoms with van der Waals surface area (Å²) in [5.41, 5.74) is 7.74. The molecule has 0 atom stereocenters. The maximum absolute atomic E-state index is 6.05. The van der Waals surface area contributed by atoms with Gasteiger partial charge in [0.25, 0.3) is 0 Å². The first-order valence-electron chi connectivity index (χ1n) is 5.65. The van der Waals surface area contributed by atoms with Gasteiger partial charge in [0, 0.05) is 16.3 Å². The monoisotopic (exact) mass is 301 g/mol. The van der Waals surface area contributed by atoms with Gasteiger partial charge in [0.2, 0.25) is 0 Å². The number of furan rings is 1. The van der Waals surface area contributed by atoms with Crippen LogP contribution in [0.5, 0.6) is 0 Å². The first-order valence-corrected chi connectivity index (χ1v) is 5.65. The van der Waals surface area contributed by atoms with Crippen LogP contribution in [0, 0.1) is 0 Å². The molecule has 0 unspecified atom stereocenters. The number of aromatic nitrogens is 2. The quantitative estimate of drug-likeness (QED) is 0.789. The maximum atomic E-state index is 6.05. The predicted molar refractivity (Wildman–Crippen MR) is 82.3 cm³/mol. The van der Waals surface area contributed by atoms with Crippen LogP contribution in [-0.2, 0) is 6.54 Å². The topological polar surface area (TPSA) is 57.0 Å². The lowest BCUT2D eigenvalue weighted by Gasteiger charge is -2.18. The first-order chi connectivity index (χ1) is 8.04. The van der Waals surface area contributed by atoms with Gasteiger partial charge in [-0.2, -0.15) is 5.10 Å². The predicted octanol–water partition coefficient (Wildman–Crippen LogP) is 3.36. The van der Waals surface area contributed by atoms with Crippen LogP contribution < -0.4 is 5.73 Å². The normalized spacial score (nSPS) is 11.3. The van der Waals surface area contributed by atoms with Gasteiger partial charge in [-0.1, -0.05) is 0 Å². The van der Waals surface area contributed by atoms with Crippen LogP contribution in [-0.4, -0.2) is 15.3 Å². The van der Waals surface area contributed by atoms with Crippen molar-refractivity contribution >= 4 is 46.7 Å². The van der Waals surface area contributed by atoms with Crippen molar-refractivity contribution in [1.82, 2.24) is 9.78 Å². The number of rotatable bonds is 2. The molecule has 3 rings (SSSR count). The zero-order valence-electron chi connectivity index (χ0n) is 10.8. The minimum Gasteiger partial charge on any atom is -0.464 e. The number of benzene rings is 1. The van der Waals surface area contributed by atoms with Crippen molar-refractivity contribution in [2.45, 2.75) is 25.9 Å². The molecule has 19 heavy (non-hydrogen) atoms. The Kier molecular flexibility index (Phi) is 4.50. The van der Waals surface area contributed by atoms with Crippen LogP contribution in [0.3, 0.4) is 0 Å². The Balaban J connectivity index is 0.000000902. The summed E-state index contributed by atoms with van der Waals surface area (Å²) in [4.78, 5) is 0. The minimum absolute atomic E-state index is 0. The fourth-order valence-electron chi connectivity index (χ4n) is 2.13. The highest BCUT2D eigenvalue weighted by Gasteiger charge is 2.16. The molecule has 2 N–H and O–H groups in total. The number of nitrogens with zero attached hydrogens (tertiary/aromatic N) is 2. The SMILES string of the molecule is CC(C)(N)Cn1ncc2ccc3occc3c21.Cl.Cl. The summed E-state index contributed by atoms with van der Waals surface area (Å²) in [5, 5.41) is 6.61. The lowest BCUT2D eigenvalue weighted by atomic mass is 10.1. The van der Waals surface area contributed by atoms with Gasteiger partial charge in [0.15, 0.2) is 0 Å². The van der Waals surface area contributed by atoms with Gasteiger partial charge in [-0.05, 0) is 32.0 Å². The highest BCUT2D eigenvalue weighted by atomic mass is 35.5. The number of fused-ring (bicyclic) bond motifs is 3. The molecule has 0 aliphatic rings. The van der Waals surface area contributed by atoms with Crippen molar-refractivity contribution in [3.63, 3.8) is 0 Å². The second-order valence-corrected chi connectivity index (χ2v) is 5.13. The highest BCUT2D eigenvalue weighted by Crippen LogP contribution is 2.26. The van der Waals surface area contributed by atoms with E-state index in [0.717, 1.165) is 21.9 Å². The Morgan fingerprint density at radius 3 is 2.68 bits per heavy atom. The Morgan fingerprint density at radius 1 is 1.26 bits per heavy atom. The van der Waals surface area contributed by atoms with Gasteiger partial charge in [-0.25, -0.2) is 0 Å². The van der Waals surface area contributed by atoms with Gasteiger partial charge in [0.05, 0.1) is 24.5 Å². The molecule has 2 heterocycles. The fraction of sp³-hybridized carbons (Fsp3) is 0.308. The first kappa shape index (κ1) is 15.8. The van der Waals surface area contributed by atoms with Crippen LogP contribution in [0.2, 0.25) is 0 Å². The number of hydrogen-bond acceptors (Lipinski definition) is 3. The van der Waals surface area contributed by atoms with Gasteiger partial charge >= 0.3 is 0 Å². The van der Waals surface area contributed by atoms with E-state index in [2.05, 4.69) is 5.10 Å². The van der Waals surface area contributed by atoms with E-state index in [1.807, 2.05) is 42.9 Å². The van der Waals surface area contributed by atoms with Crippen molar-refractivity contribution in [3.8, 4) is 0 Å². The zero-order valence-corrected chi connectivity index (χ0v) is 12.4. The average Bonchev–Trinajstić information content (AvgIpc) is 2.80. The summed E-state index contributed by atoms with van der Waals surface area (Å²) in [5.74, 6) is 0. The lowest BCUT2D eigenvalue weighted by Crippen LogP contribution is -2.37. The number of hydrogen-bond donors (Lipinski definition) is 1. The van der Waals surface area contributed by atoms with Crippen molar-refractivity contribution in [2.75, 3.05) is 0 Å². The third-order valence-corrected chi connectivity index (χ3v) is 2.79. The van der Waals surface area contributed by atoms with Gasteiger partial charge < -0.3 is 10.2 Å². The molecule has 0 saturated heterocycles. The molecular formula is C13H17Cl2N3O. The van der Waals surface area contributed by atoms with Crippen molar-refractivity contribution in [1.29, 1.82) is 0 Å². The van der Waals surface area contributed by atoms with E-state index in [0.29, 0.717) is 6.54 Å². The van der Waals surface area contributed by atoms with Crippen LogP contribution in [0.15, 0.2) is 35.1 Å². The molecule has 0 radical (unpaired) electrons. The third-order valence-electron chi connectivity index (χ3n) is 2.79. The lowest BCUT2D eigenvalue weighted by molar-refractivity contribution is 0.417. The summed E-state index contributed by atoms with van der Waals surface area (Å²) in [7, 11) is 0. The third kappa shape index (κ3) is 2.86. The van der Waals surface area contributed by atoms with E-state index >= 15 is 0 Å². The standard InChI is InChI=1S/C13H15N3O.2ClH/c1-13(2,14)8-16-12-9(7-15-16)3-4-11-10(12)5-6-17-11;;/h3-7H,8,14H2,1-2H3;2*1H.